The number of aromatic nitrogens is 1. The van der Waals surface area contributed by atoms with Gasteiger partial charge in [0.2, 0.25) is 0 Å². The van der Waals surface area contributed by atoms with Crippen LogP contribution in [0.2, 0.25) is 0 Å². The number of esters is 1. The fourth-order valence-corrected chi connectivity index (χ4v) is 4.36. The van der Waals surface area contributed by atoms with Gasteiger partial charge >= 0.3 is 5.97 Å². The summed E-state index contributed by atoms with van der Waals surface area (Å²) in [5, 5.41) is 0.913. The molecule has 1 aliphatic rings. The third kappa shape index (κ3) is 2.94. The summed E-state index contributed by atoms with van der Waals surface area (Å²) in [7, 11) is 1.64. The van der Waals surface area contributed by atoms with Gasteiger partial charge in [-0.15, -0.1) is 0 Å². The lowest BCUT2D eigenvalue weighted by atomic mass is 9.95. The number of carbonyl (C=O) groups excluding carboxylic acids is 1. The summed E-state index contributed by atoms with van der Waals surface area (Å²) in [6, 6.07) is 4.46. The van der Waals surface area contributed by atoms with E-state index in [4.69, 9.17) is 9.47 Å². The molecule has 1 aromatic heterocycles. The Bertz CT molecular complexity index is 760. The molecule has 130 valence electrons. The molecule has 1 fully saturated rings. The second kappa shape index (κ2) is 7.18. The SMILES string of the molecule is CCOC(=O)c1c(C)n(C2CCCCC2)c2cc(Br)c(OC)cc12. The summed E-state index contributed by atoms with van der Waals surface area (Å²) in [5.74, 6) is 0.479. The zero-order chi connectivity index (χ0) is 17.3. The minimum atomic E-state index is -0.251. The second-order valence-corrected chi connectivity index (χ2v) is 7.20. The summed E-state index contributed by atoms with van der Waals surface area (Å²) < 4.78 is 14.0. The van der Waals surface area contributed by atoms with Crippen molar-refractivity contribution in [3.05, 3.63) is 27.9 Å². The second-order valence-electron chi connectivity index (χ2n) is 6.35. The molecule has 0 saturated heterocycles. The molecule has 0 spiro atoms. The average Bonchev–Trinajstić information content (AvgIpc) is 2.86. The highest BCUT2D eigenvalue weighted by Crippen LogP contribution is 2.40. The predicted molar refractivity (Wildman–Crippen MR) is 99.0 cm³/mol. The number of methoxy groups -OCH3 is 1. The molecule has 0 atom stereocenters. The van der Waals surface area contributed by atoms with Crippen LogP contribution in [0.25, 0.3) is 10.9 Å². The van der Waals surface area contributed by atoms with Crippen molar-refractivity contribution in [2.75, 3.05) is 13.7 Å². The molecule has 0 amide bonds. The van der Waals surface area contributed by atoms with E-state index in [-0.39, 0.29) is 5.97 Å². The van der Waals surface area contributed by atoms with E-state index in [9.17, 15) is 4.79 Å². The molecule has 0 bridgehead atoms. The van der Waals surface area contributed by atoms with Crippen molar-refractivity contribution in [2.24, 2.45) is 0 Å². The highest BCUT2D eigenvalue weighted by atomic mass is 79.9. The number of halogens is 1. The van der Waals surface area contributed by atoms with E-state index in [1.165, 1.54) is 19.3 Å². The van der Waals surface area contributed by atoms with Crippen LogP contribution in [0.15, 0.2) is 16.6 Å². The van der Waals surface area contributed by atoms with E-state index in [1.807, 2.05) is 19.9 Å². The van der Waals surface area contributed by atoms with Crippen molar-refractivity contribution in [2.45, 2.75) is 52.0 Å². The first kappa shape index (κ1) is 17.3. The number of nitrogens with zero attached hydrogens (tertiary/aromatic N) is 1. The first-order valence-electron chi connectivity index (χ1n) is 8.63. The van der Waals surface area contributed by atoms with Crippen LogP contribution in [-0.2, 0) is 4.74 Å². The minimum Gasteiger partial charge on any atom is -0.496 e. The van der Waals surface area contributed by atoms with Crippen LogP contribution in [0.3, 0.4) is 0 Å². The van der Waals surface area contributed by atoms with Crippen LogP contribution in [0.5, 0.6) is 5.75 Å². The van der Waals surface area contributed by atoms with Gasteiger partial charge in [0.1, 0.15) is 5.75 Å². The topological polar surface area (TPSA) is 40.5 Å². The Hall–Kier alpha value is -1.49. The number of benzene rings is 1. The molecule has 0 unspecified atom stereocenters. The minimum absolute atomic E-state index is 0.251. The molecule has 2 aromatic rings. The van der Waals surface area contributed by atoms with Crippen LogP contribution in [0, 0.1) is 6.92 Å². The Kier molecular flexibility index (Phi) is 5.18. The number of hydrogen-bond donors (Lipinski definition) is 0. The maximum absolute atomic E-state index is 12.6. The molecule has 24 heavy (non-hydrogen) atoms. The monoisotopic (exact) mass is 393 g/mol. The maximum Gasteiger partial charge on any atom is 0.340 e. The standard InChI is InChI=1S/C19H24BrNO3/c1-4-24-19(22)18-12(2)21(13-8-6-5-7-9-13)16-11-15(20)17(23-3)10-14(16)18/h10-11,13H,4-9H2,1-3H3. The van der Waals surface area contributed by atoms with Gasteiger partial charge in [0.25, 0.3) is 0 Å². The van der Waals surface area contributed by atoms with Crippen LogP contribution < -0.4 is 4.74 Å². The fourth-order valence-electron chi connectivity index (χ4n) is 3.87. The molecular weight excluding hydrogens is 370 g/mol. The zero-order valence-electron chi connectivity index (χ0n) is 14.5. The molecule has 4 nitrogen and oxygen atoms in total. The average molecular weight is 394 g/mol. The Labute approximate surface area is 151 Å². The highest BCUT2D eigenvalue weighted by molar-refractivity contribution is 9.10. The van der Waals surface area contributed by atoms with Gasteiger partial charge in [-0.2, -0.15) is 0 Å². The van der Waals surface area contributed by atoms with Crippen molar-refractivity contribution in [1.82, 2.24) is 4.57 Å². The Morgan fingerprint density at radius 3 is 2.62 bits per heavy atom. The quantitative estimate of drug-likeness (QED) is 0.652. The summed E-state index contributed by atoms with van der Waals surface area (Å²) in [6.07, 6.45) is 6.12. The lowest BCUT2D eigenvalue weighted by Crippen LogP contribution is -2.15. The van der Waals surface area contributed by atoms with Gasteiger partial charge in [0.15, 0.2) is 0 Å². The van der Waals surface area contributed by atoms with Crippen molar-refractivity contribution < 1.29 is 14.3 Å². The predicted octanol–water partition coefficient (Wildman–Crippen LogP) is 5.40. The van der Waals surface area contributed by atoms with Crippen molar-refractivity contribution in [3.8, 4) is 5.75 Å². The lowest BCUT2D eigenvalue weighted by Gasteiger charge is -2.26. The fraction of sp³-hybridized carbons (Fsp3) is 0.526. The number of fused-ring (bicyclic) bond motifs is 1. The van der Waals surface area contributed by atoms with Crippen molar-refractivity contribution >= 4 is 32.8 Å². The van der Waals surface area contributed by atoms with Crippen LogP contribution in [-0.4, -0.2) is 24.3 Å². The summed E-state index contributed by atoms with van der Waals surface area (Å²) >= 11 is 3.58. The number of ether oxygens (including phenoxy) is 2. The molecule has 1 aromatic carbocycles. The smallest absolute Gasteiger partial charge is 0.340 e. The molecular formula is C19H24BrNO3. The van der Waals surface area contributed by atoms with Gasteiger partial charge in [-0.3, -0.25) is 0 Å². The van der Waals surface area contributed by atoms with Gasteiger partial charge in [0, 0.05) is 17.1 Å². The van der Waals surface area contributed by atoms with Crippen LogP contribution in [0.1, 0.15) is 61.1 Å². The Morgan fingerprint density at radius 2 is 2.00 bits per heavy atom. The number of hydrogen-bond acceptors (Lipinski definition) is 3. The van der Waals surface area contributed by atoms with E-state index in [0.717, 1.165) is 39.7 Å². The van der Waals surface area contributed by atoms with E-state index >= 15 is 0 Å². The number of carbonyl (C=O) groups is 1. The molecule has 0 aliphatic heterocycles. The summed E-state index contributed by atoms with van der Waals surface area (Å²) in [5.41, 5.74) is 2.74. The van der Waals surface area contributed by atoms with Crippen LogP contribution in [0.4, 0.5) is 0 Å². The van der Waals surface area contributed by atoms with E-state index < -0.39 is 0 Å². The van der Waals surface area contributed by atoms with Crippen LogP contribution >= 0.6 is 15.9 Å². The van der Waals surface area contributed by atoms with Crippen molar-refractivity contribution in [3.63, 3.8) is 0 Å². The number of rotatable bonds is 4. The lowest BCUT2D eigenvalue weighted by molar-refractivity contribution is 0.0527. The van der Waals surface area contributed by atoms with Crippen molar-refractivity contribution in [1.29, 1.82) is 0 Å². The van der Waals surface area contributed by atoms with E-state index in [2.05, 4.69) is 26.6 Å². The van der Waals surface area contributed by atoms with Gasteiger partial charge in [0.05, 0.1) is 29.3 Å². The third-order valence-electron chi connectivity index (χ3n) is 4.94. The summed E-state index contributed by atoms with van der Waals surface area (Å²) in [6.45, 7) is 4.24. The normalized spacial score (nSPS) is 15.7. The van der Waals surface area contributed by atoms with Gasteiger partial charge in [-0.05, 0) is 54.8 Å². The molecule has 1 heterocycles. The highest BCUT2D eigenvalue weighted by Gasteiger charge is 2.27. The Balaban J connectivity index is 2.24. The van der Waals surface area contributed by atoms with E-state index in [1.54, 1.807) is 7.11 Å². The molecule has 5 heteroatoms. The molecule has 3 rings (SSSR count). The van der Waals surface area contributed by atoms with Gasteiger partial charge < -0.3 is 14.0 Å². The molecule has 1 aliphatic carbocycles. The zero-order valence-corrected chi connectivity index (χ0v) is 16.1. The first-order valence-corrected chi connectivity index (χ1v) is 9.42. The van der Waals surface area contributed by atoms with Gasteiger partial charge in [-0.25, -0.2) is 4.79 Å². The maximum atomic E-state index is 12.6. The first-order chi connectivity index (χ1) is 11.6. The molecule has 0 radical (unpaired) electrons. The van der Waals surface area contributed by atoms with Gasteiger partial charge in [-0.1, -0.05) is 19.3 Å². The Morgan fingerprint density at radius 1 is 1.29 bits per heavy atom. The van der Waals surface area contributed by atoms with E-state index in [0.29, 0.717) is 18.2 Å². The molecule has 0 N–H and O–H groups in total. The largest absolute Gasteiger partial charge is 0.496 e. The summed E-state index contributed by atoms with van der Waals surface area (Å²) in [4.78, 5) is 12.6. The third-order valence-corrected chi connectivity index (χ3v) is 5.56. The molecule has 1 saturated carbocycles.